The molecule has 9 nitrogen and oxygen atoms in total. The lowest BCUT2D eigenvalue weighted by molar-refractivity contribution is -0.157. The molecule has 2 heterocycles. The smallest absolute Gasteiger partial charge is 0.312 e. The number of nitrogens with one attached hydrogen (secondary N) is 1. The Morgan fingerprint density at radius 1 is 1.23 bits per heavy atom. The van der Waals surface area contributed by atoms with Crippen molar-refractivity contribution < 1.29 is 33.0 Å². The van der Waals surface area contributed by atoms with Crippen molar-refractivity contribution in [2.45, 2.75) is 26.0 Å². The lowest BCUT2D eigenvalue weighted by Gasteiger charge is -2.17. The van der Waals surface area contributed by atoms with Crippen LogP contribution in [0.3, 0.4) is 0 Å². The van der Waals surface area contributed by atoms with Crippen LogP contribution in [0.2, 0.25) is 0 Å². The summed E-state index contributed by atoms with van der Waals surface area (Å²) in [7, 11) is 3.01. The number of hydrogen-bond acceptors (Lipinski definition) is 7. The Morgan fingerprint density at radius 3 is 2.67 bits per heavy atom. The monoisotopic (exact) mass is 416 g/mol. The topological polar surface area (TPSA) is 107 Å². The summed E-state index contributed by atoms with van der Waals surface area (Å²) in [5, 5.41) is 2.67. The van der Waals surface area contributed by atoms with Gasteiger partial charge >= 0.3 is 5.97 Å². The Kier molecular flexibility index (Phi) is 6.61. The van der Waals surface area contributed by atoms with E-state index < -0.39 is 23.9 Å². The second-order valence-electron chi connectivity index (χ2n) is 6.89. The van der Waals surface area contributed by atoms with E-state index in [1.807, 2.05) is 0 Å². The van der Waals surface area contributed by atoms with Gasteiger partial charge < -0.3 is 28.8 Å². The average Bonchev–Trinajstić information content (AvgIpc) is 3.38. The summed E-state index contributed by atoms with van der Waals surface area (Å²) in [5.41, 5.74) is 0.473. The minimum Gasteiger partial charge on any atom is -0.493 e. The number of esters is 1. The van der Waals surface area contributed by atoms with Crippen LogP contribution >= 0.6 is 0 Å². The van der Waals surface area contributed by atoms with E-state index >= 15 is 0 Å². The van der Waals surface area contributed by atoms with Crippen LogP contribution in [0.4, 0.5) is 5.69 Å². The first kappa shape index (κ1) is 21.2. The van der Waals surface area contributed by atoms with E-state index in [0.717, 1.165) is 0 Å². The van der Waals surface area contributed by atoms with Crippen molar-refractivity contribution in [1.82, 2.24) is 4.90 Å². The summed E-state index contributed by atoms with van der Waals surface area (Å²) in [5.74, 6) is -0.228. The van der Waals surface area contributed by atoms with Gasteiger partial charge in [-0.05, 0) is 31.2 Å². The summed E-state index contributed by atoms with van der Waals surface area (Å²) in [6.07, 6.45) is 0.545. The summed E-state index contributed by atoms with van der Waals surface area (Å²) in [4.78, 5) is 38.6. The first-order valence-electron chi connectivity index (χ1n) is 9.44. The molecule has 2 amide bonds. The van der Waals surface area contributed by atoms with E-state index in [1.165, 1.54) is 27.4 Å². The highest BCUT2D eigenvalue weighted by Crippen LogP contribution is 2.30. The molecule has 3 rings (SSSR count). The van der Waals surface area contributed by atoms with Gasteiger partial charge in [-0.1, -0.05) is 0 Å². The lowest BCUT2D eigenvalue weighted by Crippen LogP contribution is -2.33. The number of rotatable bonds is 8. The first-order chi connectivity index (χ1) is 14.4. The van der Waals surface area contributed by atoms with Crippen LogP contribution in [0.15, 0.2) is 41.0 Å². The zero-order chi connectivity index (χ0) is 21.7. The lowest BCUT2D eigenvalue weighted by atomic mass is 10.1. The minimum atomic E-state index is -1.03. The van der Waals surface area contributed by atoms with E-state index in [-0.39, 0.29) is 18.9 Å². The number of benzene rings is 1. The van der Waals surface area contributed by atoms with Gasteiger partial charge in [0.05, 0.1) is 32.9 Å². The fourth-order valence-electron chi connectivity index (χ4n) is 3.16. The Balaban J connectivity index is 1.53. The summed E-state index contributed by atoms with van der Waals surface area (Å²) in [6.45, 7) is 2.00. The maximum absolute atomic E-state index is 12.4. The number of carbonyl (C=O) groups excluding carboxylic acids is 3. The first-order valence-corrected chi connectivity index (χ1v) is 9.44. The van der Waals surface area contributed by atoms with Crippen molar-refractivity contribution in [1.29, 1.82) is 0 Å². The maximum atomic E-state index is 12.4. The molecule has 1 N–H and O–H groups in total. The van der Waals surface area contributed by atoms with Crippen LogP contribution in [0, 0.1) is 5.92 Å². The third kappa shape index (κ3) is 4.91. The fraction of sp³-hybridized carbons (Fsp3) is 0.381. The number of hydrogen-bond donors (Lipinski definition) is 1. The van der Waals surface area contributed by atoms with Gasteiger partial charge in [-0.2, -0.15) is 0 Å². The second-order valence-corrected chi connectivity index (χ2v) is 6.89. The van der Waals surface area contributed by atoms with Gasteiger partial charge in [0, 0.05) is 24.7 Å². The number of nitrogens with zero attached hydrogens (tertiary/aromatic N) is 1. The molecule has 1 aliphatic heterocycles. The molecule has 1 aliphatic rings. The highest BCUT2D eigenvalue weighted by molar-refractivity contribution is 5.96. The average molecular weight is 416 g/mol. The largest absolute Gasteiger partial charge is 0.493 e. The van der Waals surface area contributed by atoms with Gasteiger partial charge in [-0.15, -0.1) is 0 Å². The molecule has 30 heavy (non-hydrogen) atoms. The van der Waals surface area contributed by atoms with Crippen molar-refractivity contribution in [2.24, 2.45) is 5.92 Å². The van der Waals surface area contributed by atoms with Gasteiger partial charge in [0.1, 0.15) is 5.76 Å². The summed E-state index contributed by atoms with van der Waals surface area (Å²) in [6, 6.07) is 8.41. The van der Waals surface area contributed by atoms with Gasteiger partial charge in [0.2, 0.25) is 5.91 Å². The molecule has 160 valence electrons. The van der Waals surface area contributed by atoms with E-state index in [4.69, 9.17) is 18.6 Å². The molecular weight excluding hydrogens is 392 g/mol. The fourth-order valence-corrected chi connectivity index (χ4v) is 3.16. The highest BCUT2D eigenvalue weighted by atomic mass is 16.5. The summed E-state index contributed by atoms with van der Waals surface area (Å²) >= 11 is 0. The number of anilines is 1. The Morgan fingerprint density at radius 2 is 2.00 bits per heavy atom. The summed E-state index contributed by atoms with van der Waals surface area (Å²) < 4.78 is 20.9. The molecule has 1 aromatic carbocycles. The van der Waals surface area contributed by atoms with Crippen LogP contribution in [0.25, 0.3) is 0 Å². The van der Waals surface area contributed by atoms with Gasteiger partial charge in [0.15, 0.2) is 17.6 Å². The Labute approximate surface area is 173 Å². The normalized spacial score (nSPS) is 16.8. The van der Waals surface area contributed by atoms with E-state index in [0.29, 0.717) is 29.5 Å². The molecule has 0 unspecified atom stereocenters. The van der Waals surface area contributed by atoms with Crippen LogP contribution in [-0.2, 0) is 25.7 Å². The molecule has 0 saturated carbocycles. The van der Waals surface area contributed by atoms with Crippen LogP contribution < -0.4 is 14.8 Å². The van der Waals surface area contributed by atoms with Crippen molar-refractivity contribution in [2.75, 3.05) is 26.1 Å². The third-order valence-electron chi connectivity index (χ3n) is 4.79. The third-order valence-corrected chi connectivity index (χ3v) is 4.79. The van der Waals surface area contributed by atoms with E-state index in [2.05, 4.69) is 5.32 Å². The predicted octanol–water partition coefficient (Wildman–Crippen LogP) is 2.22. The number of likely N-dealkylation sites (tertiary alicyclic amines) is 1. The standard InChI is InChI=1S/C21H24N2O7/c1-13(20(25)22-15-6-7-17(27-2)18(10-15)28-3)30-21(26)14-9-19(24)23(11-14)12-16-5-4-8-29-16/h4-8,10,13-14H,9,11-12H2,1-3H3,(H,22,25)/t13-,14-/m1/s1. The molecule has 0 aliphatic carbocycles. The van der Waals surface area contributed by atoms with Crippen LogP contribution in [0.5, 0.6) is 11.5 Å². The van der Waals surface area contributed by atoms with Crippen molar-refractivity contribution in [3.05, 3.63) is 42.4 Å². The molecule has 1 saturated heterocycles. The number of carbonyl (C=O) groups is 3. The molecule has 2 atom stereocenters. The number of ether oxygens (including phenoxy) is 3. The highest BCUT2D eigenvalue weighted by Gasteiger charge is 2.36. The van der Waals surface area contributed by atoms with Crippen molar-refractivity contribution in [3.63, 3.8) is 0 Å². The van der Waals surface area contributed by atoms with Crippen molar-refractivity contribution >= 4 is 23.5 Å². The zero-order valence-electron chi connectivity index (χ0n) is 17.0. The molecule has 9 heteroatoms. The molecular formula is C21H24N2O7. The molecule has 0 spiro atoms. The second kappa shape index (κ2) is 9.34. The number of methoxy groups -OCH3 is 2. The minimum absolute atomic E-state index is 0.0452. The SMILES string of the molecule is COc1ccc(NC(=O)[C@@H](C)OC(=O)[C@@H]2CC(=O)N(Cc3ccco3)C2)cc1OC. The Bertz CT molecular complexity index is 910. The Hall–Kier alpha value is -3.49. The quantitative estimate of drug-likeness (QED) is 0.658. The van der Waals surface area contributed by atoms with E-state index in [1.54, 1.807) is 35.2 Å². The van der Waals surface area contributed by atoms with Gasteiger partial charge in [-0.25, -0.2) is 0 Å². The van der Waals surface area contributed by atoms with Crippen LogP contribution in [0.1, 0.15) is 19.1 Å². The van der Waals surface area contributed by atoms with Gasteiger partial charge in [0.25, 0.3) is 5.91 Å². The molecule has 0 radical (unpaired) electrons. The molecule has 1 aromatic heterocycles. The molecule has 0 bridgehead atoms. The molecule has 1 fully saturated rings. The van der Waals surface area contributed by atoms with Crippen LogP contribution in [-0.4, -0.2) is 49.6 Å². The maximum Gasteiger partial charge on any atom is 0.312 e. The molecule has 2 aromatic rings. The number of furan rings is 1. The van der Waals surface area contributed by atoms with E-state index in [9.17, 15) is 14.4 Å². The predicted molar refractivity (Wildman–Crippen MR) is 106 cm³/mol. The van der Waals surface area contributed by atoms with Crippen molar-refractivity contribution in [3.8, 4) is 11.5 Å². The zero-order valence-corrected chi connectivity index (χ0v) is 17.0. The van der Waals surface area contributed by atoms with Gasteiger partial charge in [-0.3, -0.25) is 14.4 Å². The number of amides is 2.